The van der Waals surface area contributed by atoms with E-state index in [1.54, 1.807) is 6.92 Å². The highest BCUT2D eigenvalue weighted by Crippen LogP contribution is 2.19. The molecule has 0 unspecified atom stereocenters. The maximum atomic E-state index is 11.1. The van der Waals surface area contributed by atoms with Crippen LogP contribution in [-0.2, 0) is 38.1 Å². The molecule has 166 valence electrons. The smallest absolute Gasteiger partial charge is 0.333 e. The molecule has 0 fully saturated rings. The Labute approximate surface area is 175 Å². The van der Waals surface area contributed by atoms with Crippen LogP contribution in [-0.4, -0.2) is 62.0 Å². The van der Waals surface area contributed by atoms with Crippen molar-refractivity contribution in [3.8, 4) is 0 Å². The van der Waals surface area contributed by atoms with E-state index >= 15 is 0 Å². The maximum Gasteiger partial charge on any atom is 0.333 e. The van der Waals surface area contributed by atoms with Crippen molar-refractivity contribution in [1.82, 2.24) is 0 Å². The van der Waals surface area contributed by atoms with E-state index in [1.165, 1.54) is 6.08 Å². The zero-order valence-corrected chi connectivity index (χ0v) is 17.1. The monoisotopic (exact) mass is 424 g/mol. The normalized spacial score (nSPS) is 9.53. The molecule has 1 N–H and O–H groups in total. The van der Waals surface area contributed by atoms with Crippen LogP contribution in [0.3, 0.4) is 0 Å². The third-order valence-electron chi connectivity index (χ3n) is 3.08. The van der Waals surface area contributed by atoms with Crippen LogP contribution in [0.4, 0.5) is 0 Å². The van der Waals surface area contributed by atoms with Crippen molar-refractivity contribution in [3.05, 3.63) is 62.8 Å². The van der Waals surface area contributed by atoms with Crippen molar-refractivity contribution >= 4 is 23.9 Å². The first-order valence-electron chi connectivity index (χ1n) is 8.53. The molecule has 0 aromatic rings. The lowest BCUT2D eigenvalue weighted by atomic mass is 9.92. The van der Waals surface area contributed by atoms with Gasteiger partial charge in [0.05, 0.1) is 12.0 Å². The predicted octanol–water partition coefficient (Wildman–Crippen LogP) is 1.44. The molecule has 30 heavy (non-hydrogen) atoms. The second-order valence-corrected chi connectivity index (χ2v) is 5.76. The number of esters is 4. The molecule has 9 nitrogen and oxygen atoms in total. The highest BCUT2D eigenvalue weighted by Gasteiger charge is 2.35. The molecule has 0 aromatic carbocycles. The van der Waals surface area contributed by atoms with E-state index in [1.807, 2.05) is 0 Å². The lowest BCUT2D eigenvalue weighted by molar-refractivity contribution is -0.159. The molecule has 0 aromatic heterocycles. The lowest BCUT2D eigenvalue weighted by Gasteiger charge is -2.29. The highest BCUT2D eigenvalue weighted by atomic mass is 16.6. The van der Waals surface area contributed by atoms with E-state index in [0.717, 1.165) is 18.2 Å². The molecule has 0 aliphatic carbocycles. The fourth-order valence-electron chi connectivity index (χ4n) is 1.37. The molecule has 0 amide bonds. The maximum absolute atomic E-state index is 11.1. The molecule has 0 saturated heterocycles. The van der Waals surface area contributed by atoms with Gasteiger partial charge in [-0.15, -0.1) is 0 Å². The number of carbonyl (C=O) groups is 4. The summed E-state index contributed by atoms with van der Waals surface area (Å²) in [4.78, 5) is 43.8. The molecule has 0 radical (unpaired) electrons. The summed E-state index contributed by atoms with van der Waals surface area (Å²) >= 11 is 0. The molecular formula is C21H28O9. The van der Waals surface area contributed by atoms with Crippen LogP contribution in [0.2, 0.25) is 0 Å². The molecular weight excluding hydrogens is 396 g/mol. The van der Waals surface area contributed by atoms with Crippen LogP contribution in [0.1, 0.15) is 6.92 Å². The molecule has 0 rings (SSSR count). The predicted molar refractivity (Wildman–Crippen MR) is 109 cm³/mol. The standard InChI is InChI=1S/C14H18O7.C7H10O2/c1-4-11(16)19-8-14(7-15,9-20-12(17)5-2)10-21-13(18)6-3;1-4-5-9-7(8)6(2)3/h4-6,15H,1-3,7-10H2;4H,1-2,5H2,3H3. The Morgan fingerprint density at radius 2 is 1.17 bits per heavy atom. The zero-order valence-electron chi connectivity index (χ0n) is 17.1. The minimum absolute atomic E-state index is 0.256. The van der Waals surface area contributed by atoms with Crippen molar-refractivity contribution in [2.75, 3.05) is 33.0 Å². The van der Waals surface area contributed by atoms with Gasteiger partial charge < -0.3 is 24.1 Å². The van der Waals surface area contributed by atoms with Crippen molar-refractivity contribution in [2.24, 2.45) is 5.41 Å². The summed E-state index contributed by atoms with van der Waals surface area (Å²) in [7, 11) is 0. The van der Waals surface area contributed by atoms with Gasteiger partial charge in [-0.25, -0.2) is 19.2 Å². The Morgan fingerprint density at radius 1 is 0.800 bits per heavy atom. The number of aliphatic hydroxyl groups excluding tert-OH is 1. The molecule has 0 bridgehead atoms. The Kier molecular flexibility index (Phi) is 15.8. The van der Waals surface area contributed by atoms with Gasteiger partial charge in [0.25, 0.3) is 0 Å². The van der Waals surface area contributed by atoms with E-state index in [0.29, 0.717) is 5.57 Å². The zero-order chi connectivity index (χ0) is 23.6. The van der Waals surface area contributed by atoms with E-state index in [9.17, 15) is 24.3 Å². The molecule has 0 heterocycles. The first kappa shape index (κ1) is 28.7. The molecule has 0 saturated carbocycles. The summed E-state index contributed by atoms with van der Waals surface area (Å²) in [5.41, 5.74) is -0.868. The second kappa shape index (κ2) is 16.5. The minimum Gasteiger partial charge on any atom is -0.462 e. The Balaban J connectivity index is 0. The van der Waals surface area contributed by atoms with Crippen LogP contribution in [0.15, 0.2) is 62.8 Å². The van der Waals surface area contributed by atoms with Crippen LogP contribution in [0.25, 0.3) is 0 Å². The first-order chi connectivity index (χ1) is 14.1. The van der Waals surface area contributed by atoms with Crippen LogP contribution in [0, 0.1) is 5.41 Å². The number of ether oxygens (including phenoxy) is 4. The second-order valence-electron chi connectivity index (χ2n) is 5.76. The van der Waals surface area contributed by atoms with Gasteiger partial charge >= 0.3 is 23.9 Å². The average Bonchev–Trinajstić information content (AvgIpc) is 2.76. The van der Waals surface area contributed by atoms with Crippen molar-refractivity contribution < 1.29 is 43.2 Å². The Morgan fingerprint density at radius 3 is 1.40 bits per heavy atom. The number of rotatable bonds is 13. The highest BCUT2D eigenvalue weighted by molar-refractivity contribution is 5.87. The minimum atomic E-state index is -1.28. The van der Waals surface area contributed by atoms with Gasteiger partial charge in [-0.2, -0.15) is 0 Å². The van der Waals surface area contributed by atoms with E-state index < -0.39 is 29.9 Å². The number of hydrogen-bond donors (Lipinski definition) is 1. The number of hydrogen-bond acceptors (Lipinski definition) is 9. The van der Waals surface area contributed by atoms with E-state index in [4.69, 9.17) is 14.2 Å². The molecule has 9 heteroatoms. The van der Waals surface area contributed by atoms with Crippen molar-refractivity contribution in [2.45, 2.75) is 6.92 Å². The largest absolute Gasteiger partial charge is 0.462 e. The quantitative estimate of drug-likeness (QED) is 0.202. The molecule has 0 atom stereocenters. The molecule has 0 aliphatic rings. The van der Waals surface area contributed by atoms with Crippen LogP contribution in [0.5, 0.6) is 0 Å². The Hall–Kier alpha value is -3.46. The van der Waals surface area contributed by atoms with Crippen LogP contribution < -0.4 is 0 Å². The van der Waals surface area contributed by atoms with Crippen molar-refractivity contribution in [1.29, 1.82) is 0 Å². The SMILES string of the molecule is C=CC(=O)OCC(CO)(COC(=O)C=C)COC(=O)C=C.C=CCOC(=O)C(=C)C. The van der Waals surface area contributed by atoms with E-state index in [-0.39, 0.29) is 32.4 Å². The third-order valence-corrected chi connectivity index (χ3v) is 3.08. The summed E-state index contributed by atoms with van der Waals surface area (Å²) in [6, 6.07) is 0. The fourth-order valence-corrected chi connectivity index (χ4v) is 1.37. The summed E-state index contributed by atoms with van der Waals surface area (Å²) in [6.45, 7) is 16.8. The summed E-state index contributed by atoms with van der Waals surface area (Å²) in [5, 5.41) is 9.48. The van der Waals surface area contributed by atoms with Crippen molar-refractivity contribution in [3.63, 3.8) is 0 Å². The lowest BCUT2D eigenvalue weighted by Crippen LogP contribution is -2.42. The number of carbonyl (C=O) groups excluding carboxylic acids is 4. The summed E-state index contributed by atoms with van der Waals surface area (Å²) < 4.78 is 19.1. The molecule has 0 aliphatic heterocycles. The molecule has 0 spiro atoms. The fraction of sp³-hybridized carbons (Fsp3) is 0.333. The Bertz CT molecular complexity index is 602. The van der Waals surface area contributed by atoms with Gasteiger partial charge in [0.2, 0.25) is 0 Å². The average molecular weight is 424 g/mol. The van der Waals surface area contributed by atoms with Gasteiger partial charge in [0.1, 0.15) is 26.4 Å². The van der Waals surface area contributed by atoms with Gasteiger partial charge in [-0.05, 0) is 6.92 Å². The van der Waals surface area contributed by atoms with Gasteiger partial charge in [0, 0.05) is 23.8 Å². The van der Waals surface area contributed by atoms with E-state index in [2.05, 4.69) is 37.6 Å². The summed E-state index contributed by atoms with van der Waals surface area (Å²) in [5.74, 6) is -2.54. The topological polar surface area (TPSA) is 125 Å². The first-order valence-corrected chi connectivity index (χ1v) is 8.53. The third kappa shape index (κ3) is 13.7. The van der Waals surface area contributed by atoms with Gasteiger partial charge in [-0.3, -0.25) is 0 Å². The number of aliphatic hydroxyl groups is 1. The van der Waals surface area contributed by atoms with Crippen LogP contribution >= 0.6 is 0 Å². The summed E-state index contributed by atoms with van der Waals surface area (Å²) in [6.07, 6.45) is 4.33. The van der Waals surface area contributed by atoms with Gasteiger partial charge in [-0.1, -0.05) is 39.0 Å². The van der Waals surface area contributed by atoms with Gasteiger partial charge in [0.15, 0.2) is 0 Å².